The van der Waals surface area contributed by atoms with Crippen molar-refractivity contribution in [1.29, 1.82) is 0 Å². The third-order valence-electron chi connectivity index (χ3n) is 7.17. The van der Waals surface area contributed by atoms with Gasteiger partial charge in [0, 0.05) is 31.1 Å². The lowest BCUT2D eigenvalue weighted by molar-refractivity contribution is -0.130. The van der Waals surface area contributed by atoms with E-state index >= 15 is 0 Å². The highest BCUT2D eigenvalue weighted by Crippen LogP contribution is 2.31. The van der Waals surface area contributed by atoms with Gasteiger partial charge in [0.1, 0.15) is 18.5 Å². The van der Waals surface area contributed by atoms with Gasteiger partial charge in [-0.15, -0.1) is 0 Å². The third kappa shape index (κ3) is 5.77. The summed E-state index contributed by atoms with van der Waals surface area (Å²) < 4.78 is 12.4. The summed E-state index contributed by atoms with van der Waals surface area (Å²) in [6.45, 7) is 11.1. The number of nitrogens with zero attached hydrogens (tertiary/aromatic N) is 2. The van der Waals surface area contributed by atoms with E-state index in [2.05, 4.69) is 43.9 Å². The molecule has 2 saturated heterocycles. The molecule has 2 aliphatic heterocycles. The van der Waals surface area contributed by atoms with Crippen molar-refractivity contribution in [1.82, 2.24) is 4.90 Å². The van der Waals surface area contributed by atoms with Crippen molar-refractivity contribution >= 4 is 11.6 Å². The number of carbonyl (C=O) groups excluding carboxylic acids is 1. The van der Waals surface area contributed by atoms with E-state index < -0.39 is 0 Å². The predicted octanol–water partition coefficient (Wildman–Crippen LogP) is 5.04. The molecule has 33 heavy (non-hydrogen) atoms. The monoisotopic (exact) mass is 450 g/mol. The van der Waals surface area contributed by atoms with E-state index in [9.17, 15) is 4.79 Å². The molecule has 0 saturated carbocycles. The smallest absolute Gasteiger partial charge is 0.256 e. The highest BCUT2D eigenvalue weighted by atomic mass is 16.5. The van der Waals surface area contributed by atoms with E-state index in [1.807, 2.05) is 35.2 Å². The van der Waals surface area contributed by atoms with Gasteiger partial charge in [0.15, 0.2) is 0 Å². The Balaban J connectivity index is 1.35. The minimum atomic E-state index is -0.382. The van der Waals surface area contributed by atoms with E-state index in [-0.39, 0.29) is 24.0 Å². The molecular weight excluding hydrogens is 412 g/mol. The van der Waals surface area contributed by atoms with Crippen LogP contribution in [0.1, 0.15) is 57.1 Å². The molecule has 0 spiro atoms. The van der Waals surface area contributed by atoms with Gasteiger partial charge in [-0.25, -0.2) is 0 Å². The molecule has 3 atom stereocenters. The van der Waals surface area contributed by atoms with Crippen molar-refractivity contribution in [2.24, 2.45) is 0 Å². The Hall–Kier alpha value is -2.37. The summed E-state index contributed by atoms with van der Waals surface area (Å²) >= 11 is 0. The molecule has 5 nitrogen and oxygen atoms in total. The van der Waals surface area contributed by atoms with Crippen molar-refractivity contribution in [2.75, 3.05) is 37.7 Å². The van der Waals surface area contributed by atoms with Gasteiger partial charge >= 0.3 is 0 Å². The first kappa shape index (κ1) is 23.8. The number of anilines is 1. The van der Waals surface area contributed by atoms with Crippen LogP contribution in [0.4, 0.5) is 5.69 Å². The SMILES string of the molecule is CCc1cc(N2CCC(OC(C)[C@@H](C)c3ccccc3)C2=O)ccc1OCCN1CCCC1. The number of rotatable bonds is 10. The van der Waals surface area contributed by atoms with Gasteiger partial charge in [-0.1, -0.05) is 44.2 Å². The zero-order valence-corrected chi connectivity index (χ0v) is 20.3. The lowest BCUT2D eigenvalue weighted by Gasteiger charge is -2.24. The van der Waals surface area contributed by atoms with Crippen LogP contribution >= 0.6 is 0 Å². The first-order chi connectivity index (χ1) is 16.1. The number of hydrogen-bond donors (Lipinski definition) is 0. The Labute approximate surface area is 198 Å². The number of carbonyl (C=O) groups is 1. The molecule has 0 bridgehead atoms. The minimum absolute atomic E-state index is 0.0288. The number of likely N-dealkylation sites (tertiary alicyclic amines) is 1. The predicted molar refractivity (Wildman–Crippen MR) is 133 cm³/mol. The van der Waals surface area contributed by atoms with Gasteiger partial charge in [-0.05, 0) is 68.6 Å². The number of amides is 1. The van der Waals surface area contributed by atoms with Gasteiger partial charge in [0.05, 0.1) is 6.10 Å². The minimum Gasteiger partial charge on any atom is -0.492 e. The largest absolute Gasteiger partial charge is 0.492 e. The molecule has 0 N–H and O–H groups in total. The van der Waals surface area contributed by atoms with E-state index in [4.69, 9.17) is 9.47 Å². The van der Waals surface area contributed by atoms with Gasteiger partial charge in [-0.3, -0.25) is 9.69 Å². The first-order valence-electron chi connectivity index (χ1n) is 12.6. The zero-order valence-electron chi connectivity index (χ0n) is 20.3. The number of hydrogen-bond acceptors (Lipinski definition) is 4. The second-order valence-electron chi connectivity index (χ2n) is 9.35. The van der Waals surface area contributed by atoms with Crippen molar-refractivity contribution in [3.63, 3.8) is 0 Å². The zero-order chi connectivity index (χ0) is 23.2. The van der Waals surface area contributed by atoms with Crippen LogP contribution in [-0.2, 0) is 16.0 Å². The topological polar surface area (TPSA) is 42.0 Å². The average Bonchev–Trinajstić information content (AvgIpc) is 3.49. The fourth-order valence-electron chi connectivity index (χ4n) is 4.88. The molecule has 2 aliphatic rings. The lowest BCUT2D eigenvalue weighted by Crippen LogP contribution is -2.33. The Morgan fingerprint density at radius 3 is 2.52 bits per heavy atom. The summed E-state index contributed by atoms with van der Waals surface area (Å²) in [5.74, 6) is 1.23. The Bertz CT molecular complexity index is 911. The Morgan fingerprint density at radius 1 is 1.03 bits per heavy atom. The molecule has 4 rings (SSSR count). The van der Waals surface area contributed by atoms with Gasteiger partial charge in [0.2, 0.25) is 0 Å². The fourth-order valence-corrected chi connectivity index (χ4v) is 4.88. The van der Waals surface area contributed by atoms with E-state index in [1.54, 1.807) is 0 Å². The summed E-state index contributed by atoms with van der Waals surface area (Å²) in [6.07, 6.45) is 3.79. The molecule has 0 aromatic heterocycles. The van der Waals surface area contributed by atoms with Crippen LogP contribution in [0, 0.1) is 0 Å². The third-order valence-corrected chi connectivity index (χ3v) is 7.17. The standard InChI is InChI=1S/C28H38N2O3/c1-4-23-20-25(12-13-26(23)32-19-18-29-15-8-9-16-29)30-17-14-27(28(30)31)33-22(3)21(2)24-10-6-5-7-11-24/h5-7,10-13,20-22,27H,4,8-9,14-19H2,1-3H3/t21-,22?,27?/m1/s1. The van der Waals surface area contributed by atoms with Gasteiger partial charge in [-0.2, -0.15) is 0 Å². The second kappa shape index (κ2) is 11.2. The van der Waals surface area contributed by atoms with Crippen LogP contribution < -0.4 is 9.64 Å². The molecule has 2 unspecified atom stereocenters. The fraction of sp³-hybridized carbons (Fsp3) is 0.536. The molecule has 1 amide bonds. The normalized spacial score (nSPS) is 20.9. The molecule has 2 heterocycles. The van der Waals surface area contributed by atoms with E-state index in [1.165, 1.54) is 31.5 Å². The van der Waals surface area contributed by atoms with Crippen LogP contribution in [-0.4, -0.2) is 55.8 Å². The molecule has 2 fully saturated rings. The summed E-state index contributed by atoms with van der Waals surface area (Å²) in [6, 6.07) is 16.5. The van der Waals surface area contributed by atoms with Crippen LogP contribution in [0.5, 0.6) is 5.75 Å². The Kier molecular flexibility index (Phi) is 8.05. The maximum absolute atomic E-state index is 13.2. The number of benzene rings is 2. The van der Waals surface area contributed by atoms with Crippen LogP contribution in [0.25, 0.3) is 0 Å². The van der Waals surface area contributed by atoms with E-state index in [0.29, 0.717) is 13.2 Å². The summed E-state index contributed by atoms with van der Waals surface area (Å²) in [5.41, 5.74) is 3.33. The van der Waals surface area contributed by atoms with E-state index in [0.717, 1.165) is 36.4 Å². The first-order valence-corrected chi connectivity index (χ1v) is 12.6. The summed E-state index contributed by atoms with van der Waals surface area (Å²) in [5, 5.41) is 0. The second-order valence-corrected chi connectivity index (χ2v) is 9.35. The molecule has 0 radical (unpaired) electrons. The highest BCUT2D eigenvalue weighted by Gasteiger charge is 2.35. The molecule has 2 aromatic carbocycles. The lowest BCUT2D eigenvalue weighted by atomic mass is 9.96. The van der Waals surface area contributed by atoms with Crippen molar-refractivity contribution in [2.45, 2.75) is 64.6 Å². The van der Waals surface area contributed by atoms with Crippen LogP contribution in [0.2, 0.25) is 0 Å². The molecule has 178 valence electrons. The van der Waals surface area contributed by atoms with Crippen molar-refractivity contribution in [3.8, 4) is 5.75 Å². The highest BCUT2D eigenvalue weighted by molar-refractivity contribution is 5.99. The summed E-state index contributed by atoms with van der Waals surface area (Å²) in [7, 11) is 0. The maximum atomic E-state index is 13.2. The van der Waals surface area contributed by atoms with Crippen molar-refractivity contribution < 1.29 is 14.3 Å². The van der Waals surface area contributed by atoms with Crippen LogP contribution in [0.15, 0.2) is 48.5 Å². The maximum Gasteiger partial charge on any atom is 0.256 e. The molecular formula is C28H38N2O3. The van der Waals surface area contributed by atoms with Crippen molar-refractivity contribution in [3.05, 3.63) is 59.7 Å². The van der Waals surface area contributed by atoms with Crippen LogP contribution in [0.3, 0.4) is 0 Å². The van der Waals surface area contributed by atoms with Gasteiger partial charge < -0.3 is 14.4 Å². The number of ether oxygens (including phenoxy) is 2. The quantitative estimate of drug-likeness (QED) is 0.509. The molecule has 5 heteroatoms. The Morgan fingerprint density at radius 2 is 1.79 bits per heavy atom. The molecule has 2 aromatic rings. The summed E-state index contributed by atoms with van der Waals surface area (Å²) in [4.78, 5) is 17.5. The molecule has 0 aliphatic carbocycles. The van der Waals surface area contributed by atoms with Gasteiger partial charge in [0.25, 0.3) is 5.91 Å². The number of aryl methyl sites for hydroxylation is 1. The average molecular weight is 451 g/mol.